The van der Waals surface area contributed by atoms with E-state index >= 15 is 0 Å². The number of ether oxygens (including phenoxy) is 1. The van der Waals surface area contributed by atoms with Crippen LogP contribution in [-0.2, 0) is 10.2 Å². The molecule has 0 amide bonds. The van der Waals surface area contributed by atoms with Crippen molar-refractivity contribution in [1.29, 1.82) is 0 Å². The van der Waals surface area contributed by atoms with Crippen LogP contribution in [0.15, 0.2) is 66.7 Å². The van der Waals surface area contributed by atoms with E-state index in [1.54, 1.807) is 7.11 Å². The van der Waals surface area contributed by atoms with Crippen molar-refractivity contribution in [3.8, 4) is 5.75 Å². The molecule has 0 aliphatic heterocycles. The number of methoxy groups -OCH3 is 1. The minimum atomic E-state index is -0.366. The molecular formula is C21H18O2. The van der Waals surface area contributed by atoms with E-state index in [9.17, 15) is 4.79 Å². The molecule has 0 radical (unpaired) electrons. The van der Waals surface area contributed by atoms with Gasteiger partial charge in [-0.2, -0.15) is 0 Å². The molecule has 1 aliphatic rings. The number of hydrogen-bond donors (Lipinski definition) is 0. The number of carbonyl (C=O) groups excluding carboxylic acids is 1. The highest BCUT2D eigenvalue weighted by atomic mass is 16.5. The second-order valence-electron chi connectivity index (χ2n) is 6.25. The van der Waals surface area contributed by atoms with Crippen molar-refractivity contribution in [2.45, 2.75) is 17.8 Å². The Labute approximate surface area is 135 Å². The van der Waals surface area contributed by atoms with Gasteiger partial charge < -0.3 is 9.53 Å². The smallest absolute Gasteiger partial charge is 0.131 e. The molecule has 0 heterocycles. The zero-order chi connectivity index (χ0) is 15.9. The molecule has 2 heteroatoms. The molecule has 1 saturated carbocycles. The molecule has 0 N–H and O–H groups in total. The summed E-state index contributed by atoms with van der Waals surface area (Å²) >= 11 is 0. The topological polar surface area (TPSA) is 26.3 Å². The van der Waals surface area contributed by atoms with Crippen LogP contribution in [0.25, 0.3) is 10.8 Å². The molecule has 0 saturated heterocycles. The summed E-state index contributed by atoms with van der Waals surface area (Å²) in [4.78, 5) is 11.9. The third kappa shape index (κ3) is 2.22. The summed E-state index contributed by atoms with van der Waals surface area (Å²) in [6.45, 7) is 0. The molecule has 114 valence electrons. The van der Waals surface area contributed by atoms with Crippen LogP contribution in [0.5, 0.6) is 5.75 Å². The van der Waals surface area contributed by atoms with Gasteiger partial charge >= 0.3 is 0 Å². The Morgan fingerprint density at radius 1 is 1.00 bits per heavy atom. The summed E-state index contributed by atoms with van der Waals surface area (Å²) in [5.41, 5.74) is 1.99. The fourth-order valence-corrected chi connectivity index (χ4v) is 3.54. The second kappa shape index (κ2) is 5.24. The van der Waals surface area contributed by atoms with E-state index < -0.39 is 0 Å². The van der Waals surface area contributed by atoms with E-state index in [4.69, 9.17) is 4.74 Å². The van der Waals surface area contributed by atoms with Crippen molar-refractivity contribution < 1.29 is 9.53 Å². The summed E-state index contributed by atoms with van der Waals surface area (Å²) in [5.74, 6) is 1.14. The number of hydrogen-bond acceptors (Lipinski definition) is 2. The molecule has 3 aromatic carbocycles. The first-order valence-electron chi connectivity index (χ1n) is 7.86. The summed E-state index contributed by atoms with van der Waals surface area (Å²) in [5, 5.41) is 2.27. The van der Waals surface area contributed by atoms with Crippen LogP contribution in [0, 0.1) is 0 Å². The highest BCUT2D eigenvalue weighted by Gasteiger charge is 2.56. The molecule has 3 aromatic rings. The van der Waals surface area contributed by atoms with Gasteiger partial charge in [0, 0.05) is 5.92 Å². The molecular weight excluding hydrogens is 284 g/mol. The standard InChI is InChI=1S/C21H18O2/c1-23-19-10-8-16-11-18(9-7-17(16)12-19)21(14-22)13-20(21)15-5-3-2-4-6-15/h2-12,14,20H,13H2,1H3/t20-,21-/m1/s1. The first-order chi connectivity index (χ1) is 11.3. The lowest BCUT2D eigenvalue weighted by atomic mass is 9.90. The van der Waals surface area contributed by atoms with Crippen molar-refractivity contribution in [1.82, 2.24) is 0 Å². The maximum absolute atomic E-state index is 11.9. The Kier molecular flexibility index (Phi) is 3.19. The number of fused-ring (bicyclic) bond motifs is 1. The van der Waals surface area contributed by atoms with Gasteiger partial charge in [0.1, 0.15) is 12.0 Å². The van der Waals surface area contributed by atoms with Crippen LogP contribution in [-0.4, -0.2) is 13.4 Å². The lowest BCUT2D eigenvalue weighted by molar-refractivity contribution is -0.110. The lowest BCUT2D eigenvalue weighted by Gasteiger charge is -2.12. The first kappa shape index (κ1) is 14.0. The van der Waals surface area contributed by atoms with E-state index in [1.165, 1.54) is 5.56 Å². The first-order valence-corrected chi connectivity index (χ1v) is 7.86. The number of carbonyl (C=O) groups is 1. The second-order valence-corrected chi connectivity index (χ2v) is 6.25. The summed E-state index contributed by atoms with van der Waals surface area (Å²) in [7, 11) is 1.67. The molecule has 2 atom stereocenters. The largest absolute Gasteiger partial charge is 0.497 e. The normalized spacial score (nSPS) is 22.7. The van der Waals surface area contributed by atoms with Gasteiger partial charge in [-0.25, -0.2) is 0 Å². The van der Waals surface area contributed by atoms with Crippen molar-refractivity contribution in [3.05, 3.63) is 77.9 Å². The van der Waals surface area contributed by atoms with Gasteiger partial charge in [0.25, 0.3) is 0 Å². The number of benzene rings is 3. The predicted octanol–water partition coefficient (Wildman–Crippen LogP) is 4.47. The quantitative estimate of drug-likeness (QED) is 0.665. The fourth-order valence-electron chi connectivity index (χ4n) is 3.54. The van der Waals surface area contributed by atoms with Crippen LogP contribution in [0.4, 0.5) is 0 Å². The Balaban J connectivity index is 1.74. The maximum atomic E-state index is 11.9. The van der Waals surface area contributed by atoms with E-state index in [0.29, 0.717) is 0 Å². The number of aldehydes is 1. The van der Waals surface area contributed by atoms with Crippen LogP contribution < -0.4 is 4.74 Å². The van der Waals surface area contributed by atoms with Crippen molar-refractivity contribution >= 4 is 17.1 Å². The Bertz CT molecular complexity index is 869. The van der Waals surface area contributed by atoms with Crippen LogP contribution in [0.2, 0.25) is 0 Å². The van der Waals surface area contributed by atoms with Gasteiger partial charge in [0.2, 0.25) is 0 Å². The third-order valence-electron chi connectivity index (χ3n) is 5.00. The summed E-state index contributed by atoms with van der Waals surface area (Å²) < 4.78 is 5.27. The van der Waals surface area contributed by atoms with Gasteiger partial charge in [0.15, 0.2) is 0 Å². The van der Waals surface area contributed by atoms with Gasteiger partial charge in [-0.1, -0.05) is 54.6 Å². The van der Waals surface area contributed by atoms with Crippen molar-refractivity contribution in [3.63, 3.8) is 0 Å². The molecule has 0 aromatic heterocycles. The Hall–Kier alpha value is -2.61. The van der Waals surface area contributed by atoms with Gasteiger partial charge in [0.05, 0.1) is 12.5 Å². The molecule has 4 rings (SSSR count). The molecule has 23 heavy (non-hydrogen) atoms. The van der Waals surface area contributed by atoms with Crippen molar-refractivity contribution in [2.75, 3.05) is 7.11 Å². The summed E-state index contributed by atoms with van der Waals surface area (Å²) in [6.07, 6.45) is 2.03. The average molecular weight is 302 g/mol. The molecule has 2 nitrogen and oxygen atoms in total. The monoisotopic (exact) mass is 302 g/mol. The van der Waals surface area contributed by atoms with E-state index in [0.717, 1.165) is 34.8 Å². The summed E-state index contributed by atoms with van der Waals surface area (Å²) in [6, 6.07) is 22.7. The van der Waals surface area contributed by atoms with Crippen LogP contribution >= 0.6 is 0 Å². The van der Waals surface area contributed by atoms with Crippen LogP contribution in [0.1, 0.15) is 23.5 Å². The zero-order valence-electron chi connectivity index (χ0n) is 13.0. The predicted molar refractivity (Wildman–Crippen MR) is 92.0 cm³/mol. The highest BCUT2D eigenvalue weighted by molar-refractivity contribution is 5.87. The van der Waals surface area contributed by atoms with Crippen LogP contribution in [0.3, 0.4) is 0 Å². The molecule has 0 bridgehead atoms. The van der Waals surface area contributed by atoms with E-state index in [1.807, 2.05) is 30.3 Å². The van der Waals surface area contributed by atoms with Gasteiger partial charge in [-0.15, -0.1) is 0 Å². The Morgan fingerprint density at radius 2 is 1.74 bits per heavy atom. The Morgan fingerprint density at radius 3 is 2.48 bits per heavy atom. The lowest BCUT2D eigenvalue weighted by Crippen LogP contribution is -2.11. The SMILES string of the molecule is COc1ccc2cc([C@]3(C=O)C[C@@H]3c3ccccc3)ccc2c1. The molecule has 0 unspecified atom stereocenters. The fraction of sp³-hybridized carbons (Fsp3) is 0.190. The average Bonchev–Trinajstić information content (AvgIpc) is 3.37. The number of rotatable bonds is 4. The third-order valence-corrected chi connectivity index (χ3v) is 5.00. The van der Waals surface area contributed by atoms with Gasteiger partial charge in [-0.05, 0) is 40.5 Å². The molecule has 1 aliphatic carbocycles. The van der Waals surface area contributed by atoms with E-state index in [-0.39, 0.29) is 11.3 Å². The van der Waals surface area contributed by atoms with Gasteiger partial charge in [-0.3, -0.25) is 0 Å². The van der Waals surface area contributed by atoms with Crippen molar-refractivity contribution in [2.24, 2.45) is 0 Å². The zero-order valence-corrected chi connectivity index (χ0v) is 13.0. The minimum Gasteiger partial charge on any atom is -0.497 e. The maximum Gasteiger partial charge on any atom is 0.131 e. The minimum absolute atomic E-state index is 0.289. The molecule has 1 fully saturated rings. The highest BCUT2D eigenvalue weighted by Crippen LogP contribution is 2.59. The van der Waals surface area contributed by atoms with E-state index in [2.05, 4.69) is 36.4 Å². The molecule has 0 spiro atoms.